The lowest BCUT2D eigenvalue weighted by Gasteiger charge is -2.36. The summed E-state index contributed by atoms with van der Waals surface area (Å²) in [5.74, 6) is 0.0827. The molecule has 0 radical (unpaired) electrons. The molecular weight excluding hydrogens is 321 g/mol. The van der Waals surface area contributed by atoms with Gasteiger partial charge in [0, 0.05) is 0 Å². The second kappa shape index (κ2) is 5.30. The number of aromatic nitrogens is 2. The molecule has 5 nitrogen and oxygen atoms in total. The summed E-state index contributed by atoms with van der Waals surface area (Å²) in [6, 6.07) is 6.88. The predicted octanol–water partition coefficient (Wildman–Crippen LogP) is 3.21. The van der Waals surface area contributed by atoms with Crippen molar-refractivity contribution in [1.82, 2.24) is 10.2 Å². The first-order chi connectivity index (χ1) is 11.3. The van der Waals surface area contributed by atoms with Gasteiger partial charge in [0.2, 0.25) is 11.8 Å². The van der Waals surface area contributed by atoms with Crippen molar-refractivity contribution < 1.29 is 17.9 Å². The minimum absolute atomic E-state index is 0.0678. The smallest absolute Gasteiger partial charge is 0.416 e. The predicted molar refractivity (Wildman–Crippen MR) is 78.6 cm³/mol. The maximum absolute atomic E-state index is 13.1. The summed E-state index contributed by atoms with van der Waals surface area (Å²) in [5, 5.41) is 16.1. The molecule has 2 aromatic rings. The molecule has 0 aliphatic carbocycles. The van der Waals surface area contributed by atoms with Gasteiger partial charge in [0.05, 0.1) is 22.7 Å². The van der Waals surface area contributed by atoms with Crippen molar-refractivity contribution in [3.63, 3.8) is 0 Å². The standard InChI is InChI=1S/C16H13F3N4O/c1-2-15(9-4-3-5-10(6-9)16(17,18)19)11(7-20)13(21)24-14-12(15)8-22-23-14/h3-6,8H,2,21H2,1H3,(H,22,23). The summed E-state index contributed by atoms with van der Waals surface area (Å²) in [6.45, 7) is 1.77. The number of fused-ring (bicyclic) bond motifs is 1. The molecule has 24 heavy (non-hydrogen) atoms. The molecule has 1 unspecified atom stereocenters. The van der Waals surface area contributed by atoms with Crippen LogP contribution in [-0.2, 0) is 11.6 Å². The van der Waals surface area contributed by atoms with Crippen LogP contribution in [0.3, 0.4) is 0 Å². The van der Waals surface area contributed by atoms with Crippen molar-refractivity contribution in [2.45, 2.75) is 24.9 Å². The second-order valence-corrected chi connectivity index (χ2v) is 5.40. The molecule has 124 valence electrons. The van der Waals surface area contributed by atoms with Gasteiger partial charge in [0.15, 0.2) is 0 Å². The lowest BCUT2D eigenvalue weighted by molar-refractivity contribution is -0.137. The Kier molecular flexibility index (Phi) is 3.52. The van der Waals surface area contributed by atoms with Gasteiger partial charge in [-0.1, -0.05) is 25.1 Å². The molecule has 0 fully saturated rings. The molecule has 8 heteroatoms. The number of halogens is 3. The average molecular weight is 334 g/mol. The number of nitrogens with two attached hydrogens (primary N) is 1. The van der Waals surface area contributed by atoms with Crippen LogP contribution in [0.5, 0.6) is 5.88 Å². The summed E-state index contributed by atoms with van der Waals surface area (Å²) in [6.07, 6.45) is -2.73. The fourth-order valence-electron chi connectivity index (χ4n) is 3.14. The lowest BCUT2D eigenvalue weighted by Crippen LogP contribution is -2.36. The van der Waals surface area contributed by atoms with E-state index in [0.717, 1.165) is 12.1 Å². The third kappa shape index (κ3) is 2.12. The fraction of sp³-hybridized carbons (Fsp3) is 0.250. The highest BCUT2D eigenvalue weighted by Crippen LogP contribution is 2.49. The van der Waals surface area contributed by atoms with Crippen LogP contribution in [0.4, 0.5) is 13.2 Å². The van der Waals surface area contributed by atoms with Crippen LogP contribution in [-0.4, -0.2) is 10.2 Å². The van der Waals surface area contributed by atoms with Crippen LogP contribution >= 0.6 is 0 Å². The Morgan fingerprint density at radius 2 is 2.17 bits per heavy atom. The highest BCUT2D eigenvalue weighted by Gasteiger charge is 2.46. The molecule has 3 rings (SSSR count). The second-order valence-electron chi connectivity index (χ2n) is 5.40. The van der Waals surface area contributed by atoms with E-state index in [9.17, 15) is 18.4 Å². The lowest BCUT2D eigenvalue weighted by atomic mass is 9.67. The summed E-state index contributed by atoms with van der Waals surface area (Å²) in [5.41, 5.74) is 4.76. The molecule has 3 N–H and O–H groups in total. The molecule has 1 atom stereocenters. The molecule has 0 bridgehead atoms. The van der Waals surface area contributed by atoms with E-state index in [1.165, 1.54) is 12.3 Å². The maximum atomic E-state index is 13.1. The Bertz CT molecular complexity index is 863. The summed E-state index contributed by atoms with van der Waals surface area (Å²) in [4.78, 5) is 0. The van der Waals surface area contributed by atoms with Crippen LogP contribution in [0.2, 0.25) is 0 Å². The maximum Gasteiger partial charge on any atom is 0.416 e. The normalized spacial score (nSPS) is 20.3. The van der Waals surface area contributed by atoms with Crippen molar-refractivity contribution in [2.24, 2.45) is 5.73 Å². The van der Waals surface area contributed by atoms with E-state index in [1.807, 2.05) is 6.07 Å². The van der Waals surface area contributed by atoms with Gasteiger partial charge >= 0.3 is 6.18 Å². The quantitative estimate of drug-likeness (QED) is 0.883. The summed E-state index contributed by atoms with van der Waals surface area (Å²) < 4.78 is 44.7. The molecule has 0 spiro atoms. The van der Waals surface area contributed by atoms with Crippen LogP contribution in [0.15, 0.2) is 41.9 Å². The van der Waals surface area contributed by atoms with Gasteiger partial charge in [0.25, 0.3) is 0 Å². The van der Waals surface area contributed by atoms with Gasteiger partial charge in [-0.25, -0.2) is 5.10 Å². The Hall–Kier alpha value is -2.95. The molecule has 0 saturated heterocycles. The number of alkyl halides is 3. The fourth-order valence-corrected chi connectivity index (χ4v) is 3.14. The third-order valence-corrected chi connectivity index (χ3v) is 4.27. The molecule has 1 aromatic carbocycles. The zero-order valence-electron chi connectivity index (χ0n) is 12.6. The number of aromatic amines is 1. The number of benzene rings is 1. The number of ether oxygens (including phenoxy) is 1. The number of allylic oxidation sites excluding steroid dienone is 1. The molecule has 1 aliphatic rings. The number of hydrogen-bond acceptors (Lipinski definition) is 4. The molecule has 0 amide bonds. The SMILES string of the molecule is CCC1(c2cccc(C(F)(F)F)c2)C(C#N)=C(N)Oc2[nH]ncc21. The van der Waals surface area contributed by atoms with Gasteiger partial charge in [-0.3, -0.25) is 0 Å². The Labute approximate surface area is 135 Å². The highest BCUT2D eigenvalue weighted by atomic mass is 19.4. The van der Waals surface area contributed by atoms with E-state index in [4.69, 9.17) is 10.5 Å². The zero-order chi connectivity index (χ0) is 17.5. The van der Waals surface area contributed by atoms with E-state index in [0.29, 0.717) is 17.5 Å². The van der Waals surface area contributed by atoms with E-state index in [2.05, 4.69) is 10.2 Å². The third-order valence-electron chi connectivity index (χ3n) is 4.27. The monoisotopic (exact) mass is 334 g/mol. The van der Waals surface area contributed by atoms with E-state index >= 15 is 0 Å². The van der Waals surface area contributed by atoms with Crippen molar-refractivity contribution in [1.29, 1.82) is 5.26 Å². The Morgan fingerprint density at radius 3 is 2.79 bits per heavy atom. The number of nitrogens with one attached hydrogen (secondary N) is 1. The summed E-state index contributed by atoms with van der Waals surface area (Å²) >= 11 is 0. The van der Waals surface area contributed by atoms with Crippen molar-refractivity contribution in [3.8, 4) is 11.9 Å². The number of hydrogen-bond donors (Lipinski definition) is 2. The zero-order valence-corrected chi connectivity index (χ0v) is 12.6. The molecule has 2 heterocycles. The van der Waals surface area contributed by atoms with Crippen LogP contribution in [0, 0.1) is 11.3 Å². The van der Waals surface area contributed by atoms with Crippen molar-refractivity contribution >= 4 is 0 Å². The molecule has 0 saturated carbocycles. The minimum Gasteiger partial charge on any atom is -0.422 e. The molecular formula is C16H13F3N4O. The van der Waals surface area contributed by atoms with Crippen LogP contribution in [0.1, 0.15) is 30.0 Å². The van der Waals surface area contributed by atoms with Crippen LogP contribution < -0.4 is 10.5 Å². The van der Waals surface area contributed by atoms with Crippen LogP contribution in [0.25, 0.3) is 0 Å². The van der Waals surface area contributed by atoms with Gasteiger partial charge in [0.1, 0.15) is 11.6 Å². The average Bonchev–Trinajstić information content (AvgIpc) is 3.01. The van der Waals surface area contributed by atoms with E-state index in [1.54, 1.807) is 13.0 Å². The highest BCUT2D eigenvalue weighted by molar-refractivity contribution is 5.59. The minimum atomic E-state index is -4.49. The van der Waals surface area contributed by atoms with E-state index in [-0.39, 0.29) is 17.3 Å². The van der Waals surface area contributed by atoms with Crippen molar-refractivity contribution in [3.05, 3.63) is 58.6 Å². The number of nitriles is 1. The Balaban J connectivity index is 2.32. The van der Waals surface area contributed by atoms with Gasteiger partial charge in [-0.2, -0.15) is 23.5 Å². The largest absolute Gasteiger partial charge is 0.422 e. The van der Waals surface area contributed by atoms with E-state index < -0.39 is 17.2 Å². The number of H-pyrrole nitrogens is 1. The first kappa shape index (κ1) is 15.9. The van der Waals surface area contributed by atoms with Gasteiger partial charge < -0.3 is 10.5 Å². The first-order valence-electron chi connectivity index (χ1n) is 7.14. The number of nitrogens with zero attached hydrogens (tertiary/aromatic N) is 2. The van der Waals surface area contributed by atoms with Gasteiger partial charge in [-0.15, -0.1) is 0 Å². The molecule has 1 aliphatic heterocycles. The topological polar surface area (TPSA) is 87.7 Å². The first-order valence-corrected chi connectivity index (χ1v) is 7.14. The van der Waals surface area contributed by atoms with Crippen molar-refractivity contribution in [2.75, 3.05) is 0 Å². The number of rotatable bonds is 2. The Morgan fingerprint density at radius 1 is 1.42 bits per heavy atom. The van der Waals surface area contributed by atoms with Gasteiger partial charge in [-0.05, 0) is 18.1 Å². The summed E-state index contributed by atoms with van der Waals surface area (Å²) in [7, 11) is 0. The molecule has 1 aromatic heterocycles.